The van der Waals surface area contributed by atoms with Crippen LogP contribution in [0, 0.1) is 6.92 Å². The molecule has 0 aliphatic carbocycles. The van der Waals surface area contributed by atoms with E-state index in [4.69, 9.17) is 0 Å². The van der Waals surface area contributed by atoms with Crippen molar-refractivity contribution in [1.29, 1.82) is 0 Å². The third-order valence-corrected chi connectivity index (χ3v) is 7.75. The first-order chi connectivity index (χ1) is 11.4. The lowest BCUT2D eigenvalue weighted by Gasteiger charge is -2.28. The fraction of sp³-hybridized carbons (Fsp3) is 0.353. The van der Waals surface area contributed by atoms with Gasteiger partial charge in [0.05, 0.1) is 23.6 Å². The van der Waals surface area contributed by atoms with Crippen LogP contribution in [0.5, 0.6) is 0 Å². The third kappa shape index (κ3) is 3.73. The number of nitrogens with zero attached hydrogens (tertiary/aromatic N) is 1. The molecule has 0 N–H and O–H groups in total. The predicted molar refractivity (Wildman–Crippen MR) is 100 cm³/mol. The number of aryl methyl sites for hydroxylation is 1. The molecule has 1 amide bonds. The summed E-state index contributed by atoms with van der Waals surface area (Å²) in [6, 6.07) is 9.02. The zero-order valence-electron chi connectivity index (χ0n) is 13.2. The Morgan fingerprint density at radius 2 is 2.08 bits per heavy atom. The van der Waals surface area contributed by atoms with Crippen molar-refractivity contribution in [3.63, 3.8) is 0 Å². The van der Waals surface area contributed by atoms with Crippen LogP contribution in [-0.2, 0) is 16.4 Å². The number of hydrogen-bond acceptors (Lipinski definition) is 4. The van der Waals surface area contributed by atoms with Crippen LogP contribution in [0.4, 0.5) is 0 Å². The highest BCUT2D eigenvalue weighted by molar-refractivity contribution is 9.10. The fourth-order valence-electron chi connectivity index (χ4n) is 2.90. The molecule has 0 saturated carbocycles. The molecule has 1 unspecified atom stereocenters. The lowest BCUT2D eigenvalue weighted by atomic mass is 10.1. The number of thiophene rings is 1. The third-order valence-electron chi connectivity index (χ3n) is 4.30. The van der Waals surface area contributed by atoms with Gasteiger partial charge in [-0.1, -0.05) is 12.1 Å². The van der Waals surface area contributed by atoms with Crippen molar-refractivity contribution in [2.75, 3.05) is 11.5 Å². The maximum atomic E-state index is 13.1. The van der Waals surface area contributed by atoms with Crippen molar-refractivity contribution in [2.45, 2.75) is 25.9 Å². The van der Waals surface area contributed by atoms with E-state index in [0.29, 0.717) is 18.5 Å². The first kappa shape index (κ1) is 17.6. The largest absolute Gasteiger partial charge is 0.329 e. The molecule has 1 aromatic carbocycles. The molecule has 0 radical (unpaired) electrons. The highest BCUT2D eigenvalue weighted by Crippen LogP contribution is 2.27. The number of halogens is 1. The minimum atomic E-state index is -3.06. The molecular weight excluding hydrogens is 410 g/mol. The molecule has 1 aliphatic rings. The number of carbonyl (C=O) groups excluding carboxylic acids is 1. The summed E-state index contributed by atoms with van der Waals surface area (Å²) in [5, 5.41) is 2.00. The van der Waals surface area contributed by atoms with Crippen LogP contribution in [0.2, 0.25) is 0 Å². The van der Waals surface area contributed by atoms with E-state index in [2.05, 4.69) is 15.9 Å². The van der Waals surface area contributed by atoms with Gasteiger partial charge in [-0.05, 0) is 58.4 Å². The Hall–Kier alpha value is -1.18. The van der Waals surface area contributed by atoms with Crippen LogP contribution in [-0.4, -0.2) is 36.8 Å². The Morgan fingerprint density at radius 3 is 2.67 bits per heavy atom. The van der Waals surface area contributed by atoms with Crippen molar-refractivity contribution < 1.29 is 13.2 Å². The molecule has 1 atom stereocenters. The van der Waals surface area contributed by atoms with Crippen LogP contribution in [0.15, 0.2) is 40.2 Å². The summed E-state index contributed by atoms with van der Waals surface area (Å²) >= 11 is 5.02. The molecule has 1 aromatic heterocycles. The van der Waals surface area contributed by atoms with Gasteiger partial charge in [-0.15, -0.1) is 11.3 Å². The maximum absolute atomic E-state index is 13.1. The Bertz CT molecular complexity index is 860. The zero-order chi connectivity index (χ0) is 17.3. The molecule has 3 rings (SSSR count). The average Bonchev–Trinajstić information content (AvgIpc) is 3.10. The van der Waals surface area contributed by atoms with Gasteiger partial charge in [0.1, 0.15) is 0 Å². The summed E-state index contributed by atoms with van der Waals surface area (Å²) in [5.41, 5.74) is 1.70. The van der Waals surface area contributed by atoms with E-state index in [-0.39, 0.29) is 23.5 Å². The topological polar surface area (TPSA) is 54.5 Å². The van der Waals surface area contributed by atoms with E-state index in [1.165, 1.54) is 0 Å². The van der Waals surface area contributed by atoms with Gasteiger partial charge in [-0.3, -0.25) is 4.79 Å². The van der Waals surface area contributed by atoms with Crippen molar-refractivity contribution in [3.05, 3.63) is 56.2 Å². The summed E-state index contributed by atoms with van der Waals surface area (Å²) in [4.78, 5) is 15.9. The number of sulfone groups is 1. The van der Waals surface area contributed by atoms with Crippen LogP contribution in [0.25, 0.3) is 0 Å². The molecule has 0 bridgehead atoms. The van der Waals surface area contributed by atoms with Crippen molar-refractivity contribution in [3.8, 4) is 0 Å². The van der Waals surface area contributed by atoms with Gasteiger partial charge in [0.15, 0.2) is 9.84 Å². The SMILES string of the molecule is Cc1ccsc1CN(C(=O)c1ccccc1Br)C1CCS(=O)(=O)C1. The molecule has 1 fully saturated rings. The van der Waals surface area contributed by atoms with Gasteiger partial charge in [0, 0.05) is 15.4 Å². The Morgan fingerprint density at radius 1 is 1.33 bits per heavy atom. The van der Waals surface area contributed by atoms with Crippen molar-refractivity contribution in [1.82, 2.24) is 4.90 Å². The minimum absolute atomic E-state index is 0.0492. The van der Waals surface area contributed by atoms with E-state index >= 15 is 0 Å². The maximum Gasteiger partial charge on any atom is 0.255 e. The molecule has 1 saturated heterocycles. The second-order valence-corrected chi connectivity index (χ2v) is 10.1. The van der Waals surface area contributed by atoms with E-state index < -0.39 is 9.84 Å². The molecular formula is C17H18BrNO3S2. The standard InChI is InChI=1S/C17H18BrNO3S2/c1-12-6-8-23-16(12)10-19(13-7-9-24(21,22)11-13)17(20)14-4-2-3-5-15(14)18/h2-6,8,13H,7,9-11H2,1H3. The highest BCUT2D eigenvalue weighted by Gasteiger charge is 2.35. The fourth-order valence-corrected chi connectivity index (χ4v) is 5.99. The second-order valence-electron chi connectivity index (χ2n) is 6.00. The molecule has 7 heteroatoms. The molecule has 1 aliphatic heterocycles. The van der Waals surface area contributed by atoms with Crippen LogP contribution in [0.1, 0.15) is 27.2 Å². The van der Waals surface area contributed by atoms with Crippen LogP contribution >= 0.6 is 27.3 Å². The van der Waals surface area contributed by atoms with Gasteiger partial charge >= 0.3 is 0 Å². The summed E-state index contributed by atoms with van der Waals surface area (Å²) in [6.45, 7) is 2.46. The van der Waals surface area contributed by atoms with Gasteiger partial charge < -0.3 is 4.90 Å². The van der Waals surface area contributed by atoms with Gasteiger partial charge in [-0.25, -0.2) is 8.42 Å². The van der Waals surface area contributed by atoms with Crippen LogP contribution in [0.3, 0.4) is 0 Å². The average molecular weight is 428 g/mol. The number of amides is 1. The van der Waals surface area contributed by atoms with Crippen LogP contribution < -0.4 is 0 Å². The quantitative estimate of drug-likeness (QED) is 0.747. The number of hydrogen-bond donors (Lipinski definition) is 0. The first-order valence-corrected chi connectivity index (χ1v) is 11.2. The monoisotopic (exact) mass is 427 g/mol. The van der Waals surface area contributed by atoms with Gasteiger partial charge in [-0.2, -0.15) is 0 Å². The Labute approximate surface area is 154 Å². The van der Waals surface area contributed by atoms with E-state index in [1.54, 1.807) is 22.3 Å². The van der Waals surface area contributed by atoms with E-state index in [1.807, 2.05) is 36.6 Å². The highest BCUT2D eigenvalue weighted by atomic mass is 79.9. The van der Waals surface area contributed by atoms with Gasteiger partial charge in [0.2, 0.25) is 0 Å². The minimum Gasteiger partial charge on any atom is -0.329 e. The number of benzene rings is 1. The molecule has 128 valence electrons. The molecule has 2 heterocycles. The zero-order valence-corrected chi connectivity index (χ0v) is 16.5. The lowest BCUT2D eigenvalue weighted by molar-refractivity contribution is 0.0682. The Kier molecular flexibility index (Phi) is 5.13. The summed E-state index contributed by atoms with van der Waals surface area (Å²) in [6.07, 6.45) is 0.503. The predicted octanol–water partition coefficient (Wildman–Crippen LogP) is 3.65. The Balaban J connectivity index is 1.94. The summed E-state index contributed by atoms with van der Waals surface area (Å²) in [5.74, 6) is 0.0754. The normalized spacial score (nSPS) is 19.3. The molecule has 2 aromatic rings. The first-order valence-electron chi connectivity index (χ1n) is 7.66. The molecule has 0 spiro atoms. The lowest BCUT2D eigenvalue weighted by Crippen LogP contribution is -2.40. The summed E-state index contributed by atoms with van der Waals surface area (Å²) < 4.78 is 24.5. The van der Waals surface area contributed by atoms with Crippen molar-refractivity contribution >= 4 is 43.0 Å². The van der Waals surface area contributed by atoms with Crippen molar-refractivity contribution in [2.24, 2.45) is 0 Å². The number of carbonyl (C=O) groups is 1. The van der Waals surface area contributed by atoms with E-state index in [9.17, 15) is 13.2 Å². The number of rotatable bonds is 4. The molecule has 24 heavy (non-hydrogen) atoms. The van der Waals surface area contributed by atoms with Gasteiger partial charge in [0.25, 0.3) is 5.91 Å². The molecule has 4 nitrogen and oxygen atoms in total. The second kappa shape index (κ2) is 6.98. The smallest absolute Gasteiger partial charge is 0.255 e. The summed E-state index contributed by atoms with van der Waals surface area (Å²) in [7, 11) is -3.06. The van der Waals surface area contributed by atoms with E-state index in [0.717, 1.165) is 14.9 Å².